The van der Waals surface area contributed by atoms with Crippen LogP contribution in [0.3, 0.4) is 0 Å². The highest BCUT2D eigenvalue weighted by Gasteiger charge is 2.09. The molecule has 8 heteroatoms. The summed E-state index contributed by atoms with van der Waals surface area (Å²) in [6, 6.07) is 13.8. The van der Waals surface area contributed by atoms with Gasteiger partial charge in [-0.1, -0.05) is 18.2 Å². The fourth-order valence-corrected chi connectivity index (χ4v) is 1.65. The SMILES string of the molecule is N[NH+]([O-])c1cc(NNc2ccccc2)cc([NH+](N)[O-])c1. The van der Waals surface area contributed by atoms with E-state index in [1.807, 2.05) is 30.3 Å². The summed E-state index contributed by atoms with van der Waals surface area (Å²) in [4.78, 5) is 0. The Morgan fingerprint density at radius 1 is 0.750 bits per heavy atom. The van der Waals surface area contributed by atoms with Crippen molar-refractivity contribution in [3.8, 4) is 0 Å². The van der Waals surface area contributed by atoms with Crippen LogP contribution >= 0.6 is 0 Å². The fourth-order valence-electron chi connectivity index (χ4n) is 1.65. The highest BCUT2D eigenvalue weighted by molar-refractivity contribution is 5.61. The molecule has 0 aliphatic heterocycles. The van der Waals surface area contributed by atoms with Crippen molar-refractivity contribution in [2.24, 2.45) is 11.7 Å². The summed E-state index contributed by atoms with van der Waals surface area (Å²) in [5.74, 6) is 10.4. The zero-order chi connectivity index (χ0) is 14.5. The molecule has 0 aromatic heterocycles. The predicted molar refractivity (Wildman–Crippen MR) is 76.5 cm³/mol. The van der Waals surface area contributed by atoms with Gasteiger partial charge in [-0.2, -0.15) is 11.7 Å². The molecule has 0 amide bonds. The van der Waals surface area contributed by atoms with E-state index in [-0.39, 0.29) is 11.4 Å². The maximum Gasteiger partial charge on any atom is 0.158 e. The van der Waals surface area contributed by atoms with E-state index in [1.165, 1.54) is 18.2 Å². The Bertz CT molecular complexity index is 535. The third-order valence-electron chi connectivity index (χ3n) is 2.63. The van der Waals surface area contributed by atoms with E-state index in [2.05, 4.69) is 10.9 Å². The highest BCUT2D eigenvalue weighted by Crippen LogP contribution is 2.18. The van der Waals surface area contributed by atoms with Gasteiger partial charge >= 0.3 is 0 Å². The minimum Gasteiger partial charge on any atom is -0.608 e. The lowest BCUT2D eigenvalue weighted by atomic mass is 10.2. The van der Waals surface area contributed by atoms with Gasteiger partial charge in [0.2, 0.25) is 0 Å². The number of anilines is 2. The van der Waals surface area contributed by atoms with Crippen LogP contribution in [-0.2, 0) is 0 Å². The van der Waals surface area contributed by atoms with Gasteiger partial charge in [-0.15, -0.1) is 0 Å². The van der Waals surface area contributed by atoms with Crippen LogP contribution in [0.2, 0.25) is 0 Å². The van der Waals surface area contributed by atoms with Gasteiger partial charge in [0.1, 0.15) is 0 Å². The van der Waals surface area contributed by atoms with Crippen LogP contribution in [0.4, 0.5) is 22.7 Å². The van der Waals surface area contributed by atoms with Crippen molar-refractivity contribution in [1.82, 2.24) is 0 Å². The van der Waals surface area contributed by atoms with Crippen LogP contribution in [-0.4, -0.2) is 0 Å². The molecule has 0 bridgehead atoms. The number of hydrogen-bond donors (Lipinski definition) is 6. The van der Waals surface area contributed by atoms with Gasteiger partial charge in [0, 0.05) is 12.1 Å². The summed E-state index contributed by atoms with van der Waals surface area (Å²) < 4.78 is 0. The monoisotopic (exact) mass is 276 g/mol. The van der Waals surface area contributed by atoms with Crippen molar-refractivity contribution in [3.63, 3.8) is 0 Å². The Labute approximate surface area is 115 Å². The van der Waals surface area contributed by atoms with Crippen molar-refractivity contribution < 1.29 is 10.3 Å². The van der Waals surface area contributed by atoms with Crippen LogP contribution in [0.5, 0.6) is 0 Å². The third-order valence-corrected chi connectivity index (χ3v) is 2.63. The van der Waals surface area contributed by atoms with Crippen molar-refractivity contribution in [1.29, 1.82) is 0 Å². The second-order valence-corrected chi connectivity index (χ2v) is 4.14. The fraction of sp³-hybridized carbons (Fsp3) is 0. The van der Waals surface area contributed by atoms with Gasteiger partial charge in [0.15, 0.2) is 11.4 Å². The molecule has 0 spiro atoms. The number of nitrogens with two attached hydrogens (primary N) is 2. The lowest BCUT2D eigenvalue weighted by Gasteiger charge is -2.20. The van der Waals surface area contributed by atoms with Crippen molar-refractivity contribution in [3.05, 3.63) is 58.9 Å². The molecule has 2 atom stereocenters. The lowest BCUT2D eigenvalue weighted by molar-refractivity contribution is -0.796. The summed E-state index contributed by atoms with van der Waals surface area (Å²) in [5, 5.41) is 21.2. The summed E-state index contributed by atoms with van der Waals surface area (Å²) in [7, 11) is 0. The Kier molecular flexibility index (Phi) is 4.48. The lowest BCUT2D eigenvalue weighted by Crippen LogP contribution is -3.09. The molecular formula is C12H16N6O2. The second-order valence-electron chi connectivity index (χ2n) is 4.14. The van der Waals surface area contributed by atoms with Crippen molar-refractivity contribution in [2.45, 2.75) is 0 Å². The van der Waals surface area contributed by atoms with E-state index in [4.69, 9.17) is 11.7 Å². The molecule has 0 aliphatic rings. The molecule has 0 radical (unpaired) electrons. The van der Waals surface area contributed by atoms with E-state index in [9.17, 15) is 10.4 Å². The van der Waals surface area contributed by atoms with Gasteiger partial charge in [-0.05, 0) is 12.1 Å². The van der Waals surface area contributed by atoms with E-state index >= 15 is 0 Å². The number of nitrogens with one attached hydrogen (secondary N) is 4. The number of hydrogen-bond acceptors (Lipinski definition) is 6. The Morgan fingerprint density at radius 3 is 1.75 bits per heavy atom. The molecule has 2 aromatic rings. The molecule has 0 aliphatic carbocycles. The number of benzene rings is 2. The molecule has 0 heterocycles. The predicted octanol–water partition coefficient (Wildman–Crippen LogP) is -1.10. The average Bonchev–Trinajstić information content (AvgIpc) is 2.45. The van der Waals surface area contributed by atoms with E-state index in [0.717, 1.165) is 5.69 Å². The van der Waals surface area contributed by atoms with Crippen LogP contribution < -0.4 is 32.9 Å². The number of rotatable bonds is 5. The molecule has 2 aromatic carbocycles. The maximum atomic E-state index is 11.2. The number of hydrazine groups is 1. The van der Waals surface area contributed by atoms with E-state index < -0.39 is 10.3 Å². The Hall–Kier alpha value is -2.20. The molecule has 20 heavy (non-hydrogen) atoms. The van der Waals surface area contributed by atoms with Crippen LogP contribution in [0.25, 0.3) is 0 Å². The van der Waals surface area contributed by atoms with Crippen molar-refractivity contribution >= 4 is 22.7 Å². The quantitative estimate of drug-likeness (QED) is 0.303. The first-order valence-corrected chi connectivity index (χ1v) is 5.88. The standard InChI is InChI=1S/C12H16N6O2/c13-17(19)11-6-10(7-12(8-11)18(14)20)16-15-9-4-2-1-3-5-9/h1-8,15-18H,13-14H2. The van der Waals surface area contributed by atoms with Crippen LogP contribution in [0, 0.1) is 10.4 Å². The second kappa shape index (κ2) is 6.30. The summed E-state index contributed by atoms with van der Waals surface area (Å²) >= 11 is 0. The van der Waals surface area contributed by atoms with Crippen LogP contribution in [0.1, 0.15) is 0 Å². The molecular weight excluding hydrogens is 260 g/mol. The maximum absolute atomic E-state index is 11.2. The molecule has 2 rings (SSSR count). The van der Waals surface area contributed by atoms with Gasteiger partial charge < -0.3 is 21.3 Å². The molecule has 8 N–H and O–H groups in total. The Morgan fingerprint density at radius 2 is 1.25 bits per heavy atom. The van der Waals surface area contributed by atoms with Gasteiger partial charge in [0.25, 0.3) is 0 Å². The van der Waals surface area contributed by atoms with Gasteiger partial charge in [-0.3, -0.25) is 10.3 Å². The minimum absolute atomic E-state index is 0.207. The zero-order valence-corrected chi connectivity index (χ0v) is 10.6. The molecule has 2 unspecified atom stereocenters. The third kappa shape index (κ3) is 3.65. The molecule has 8 nitrogen and oxygen atoms in total. The first-order chi connectivity index (χ1) is 9.56. The smallest absolute Gasteiger partial charge is 0.158 e. The molecule has 0 fully saturated rings. The number of quaternary nitrogens is 2. The summed E-state index contributed by atoms with van der Waals surface area (Å²) in [5.41, 5.74) is 7.58. The highest BCUT2D eigenvalue weighted by atomic mass is 16.5. The largest absolute Gasteiger partial charge is 0.608 e. The zero-order valence-electron chi connectivity index (χ0n) is 10.6. The van der Waals surface area contributed by atoms with E-state index in [1.54, 1.807) is 0 Å². The van der Waals surface area contributed by atoms with Crippen LogP contribution in [0.15, 0.2) is 48.5 Å². The molecule has 0 saturated heterocycles. The van der Waals surface area contributed by atoms with Gasteiger partial charge in [-0.25, -0.2) is 0 Å². The minimum atomic E-state index is -0.629. The number of para-hydroxylation sites is 1. The normalized spacial score (nSPS) is 13.6. The summed E-state index contributed by atoms with van der Waals surface area (Å²) in [6.07, 6.45) is 0. The van der Waals surface area contributed by atoms with E-state index in [0.29, 0.717) is 5.69 Å². The van der Waals surface area contributed by atoms with Gasteiger partial charge in [0.05, 0.1) is 17.4 Å². The average molecular weight is 276 g/mol. The van der Waals surface area contributed by atoms with Crippen molar-refractivity contribution in [2.75, 3.05) is 10.9 Å². The molecule has 0 saturated carbocycles. The first-order valence-electron chi connectivity index (χ1n) is 5.88. The molecule has 106 valence electrons. The summed E-state index contributed by atoms with van der Waals surface area (Å²) in [6.45, 7) is 0. The number of nitrogen functional groups attached to an aromatic ring is 2. The Balaban J connectivity index is 2.18. The topological polar surface area (TPSA) is 131 Å². The first kappa shape index (κ1) is 14.2.